The molecule has 1 aromatic heterocycles. The molecule has 96 valence electrons. The van der Waals surface area contributed by atoms with Crippen LogP contribution in [0.1, 0.15) is 5.69 Å². The first-order valence-electron chi connectivity index (χ1n) is 4.89. The Morgan fingerprint density at radius 3 is 2.72 bits per heavy atom. The third-order valence-corrected chi connectivity index (χ3v) is 3.34. The van der Waals surface area contributed by atoms with Gasteiger partial charge in [-0.05, 0) is 35.4 Å². The number of thioether (sulfide) groups is 1. The maximum Gasteiger partial charge on any atom is 0.446 e. The summed E-state index contributed by atoms with van der Waals surface area (Å²) in [5.41, 5.74) is -3.15. The zero-order chi connectivity index (χ0) is 13.0. The van der Waals surface area contributed by atoms with E-state index >= 15 is 0 Å². The standard InChI is InChI=1S/C10H8F3N3S2/c11-10(12,13)18-9-4-2-1-3-8(9)14-5-7-6-17-16-15-7/h1-4,6,14H,5H2. The quantitative estimate of drug-likeness (QED) is 0.870. The van der Waals surface area contributed by atoms with Gasteiger partial charge < -0.3 is 5.32 Å². The van der Waals surface area contributed by atoms with Gasteiger partial charge in [0.1, 0.15) is 0 Å². The first-order valence-corrected chi connectivity index (χ1v) is 6.54. The number of nitrogens with zero attached hydrogens (tertiary/aromatic N) is 2. The van der Waals surface area contributed by atoms with Gasteiger partial charge in [0.25, 0.3) is 0 Å². The Morgan fingerprint density at radius 2 is 2.06 bits per heavy atom. The van der Waals surface area contributed by atoms with Crippen LogP contribution in [0.4, 0.5) is 18.9 Å². The lowest BCUT2D eigenvalue weighted by Gasteiger charge is -2.11. The van der Waals surface area contributed by atoms with Crippen molar-refractivity contribution < 1.29 is 13.2 Å². The van der Waals surface area contributed by atoms with Crippen molar-refractivity contribution in [1.29, 1.82) is 0 Å². The predicted octanol–water partition coefficient (Wildman–Crippen LogP) is 3.76. The lowest BCUT2D eigenvalue weighted by atomic mass is 10.3. The smallest absolute Gasteiger partial charge is 0.378 e. The minimum absolute atomic E-state index is 0.131. The molecule has 3 nitrogen and oxygen atoms in total. The van der Waals surface area contributed by atoms with E-state index in [1.165, 1.54) is 17.6 Å². The Morgan fingerprint density at radius 1 is 1.28 bits per heavy atom. The van der Waals surface area contributed by atoms with Gasteiger partial charge in [0.05, 0.1) is 12.2 Å². The Hall–Kier alpha value is -1.28. The summed E-state index contributed by atoms with van der Waals surface area (Å²) in [6.45, 7) is 0.353. The summed E-state index contributed by atoms with van der Waals surface area (Å²) < 4.78 is 40.7. The molecule has 0 aliphatic heterocycles. The van der Waals surface area contributed by atoms with E-state index in [-0.39, 0.29) is 16.7 Å². The lowest BCUT2D eigenvalue weighted by Crippen LogP contribution is -2.04. The van der Waals surface area contributed by atoms with E-state index in [4.69, 9.17) is 0 Å². The first kappa shape index (κ1) is 13.2. The van der Waals surface area contributed by atoms with E-state index in [0.29, 0.717) is 17.9 Å². The van der Waals surface area contributed by atoms with Crippen molar-refractivity contribution in [3.05, 3.63) is 35.3 Å². The molecule has 0 spiro atoms. The molecule has 0 fully saturated rings. The molecule has 0 aliphatic carbocycles. The molecular formula is C10H8F3N3S2. The molecule has 0 amide bonds. The molecule has 0 aliphatic rings. The average Bonchev–Trinajstić information content (AvgIpc) is 2.79. The van der Waals surface area contributed by atoms with Gasteiger partial charge in [-0.3, -0.25) is 0 Å². The molecule has 0 bridgehead atoms. The van der Waals surface area contributed by atoms with Crippen molar-refractivity contribution in [3.63, 3.8) is 0 Å². The molecule has 0 saturated heterocycles. The number of hydrogen-bond acceptors (Lipinski definition) is 5. The van der Waals surface area contributed by atoms with E-state index in [0.717, 1.165) is 0 Å². The Bertz CT molecular complexity index is 499. The normalized spacial score (nSPS) is 11.5. The highest BCUT2D eigenvalue weighted by atomic mass is 32.2. The monoisotopic (exact) mass is 291 g/mol. The van der Waals surface area contributed by atoms with Gasteiger partial charge in [-0.1, -0.05) is 16.6 Å². The number of nitrogens with one attached hydrogen (secondary N) is 1. The zero-order valence-electron chi connectivity index (χ0n) is 8.94. The second-order valence-electron chi connectivity index (χ2n) is 3.29. The van der Waals surface area contributed by atoms with Gasteiger partial charge in [-0.15, -0.1) is 5.10 Å². The molecular weight excluding hydrogens is 283 g/mol. The van der Waals surface area contributed by atoms with Crippen LogP contribution in [0.3, 0.4) is 0 Å². The van der Waals surface area contributed by atoms with Crippen molar-refractivity contribution in [2.75, 3.05) is 5.32 Å². The van der Waals surface area contributed by atoms with Gasteiger partial charge in [-0.25, -0.2) is 0 Å². The number of anilines is 1. The van der Waals surface area contributed by atoms with E-state index in [2.05, 4.69) is 14.9 Å². The second kappa shape index (κ2) is 5.57. The average molecular weight is 291 g/mol. The van der Waals surface area contributed by atoms with E-state index in [1.807, 2.05) is 0 Å². The van der Waals surface area contributed by atoms with E-state index < -0.39 is 5.51 Å². The summed E-state index contributed by atoms with van der Waals surface area (Å²) in [6, 6.07) is 6.29. The van der Waals surface area contributed by atoms with Crippen LogP contribution in [0, 0.1) is 0 Å². The fraction of sp³-hybridized carbons (Fsp3) is 0.200. The maximum absolute atomic E-state index is 12.3. The van der Waals surface area contributed by atoms with E-state index in [1.54, 1.807) is 23.6 Å². The largest absolute Gasteiger partial charge is 0.446 e. The number of benzene rings is 1. The van der Waals surface area contributed by atoms with Crippen LogP contribution >= 0.6 is 23.3 Å². The highest BCUT2D eigenvalue weighted by Gasteiger charge is 2.30. The second-order valence-corrected chi connectivity index (χ2v) is 5.01. The maximum atomic E-state index is 12.3. The summed E-state index contributed by atoms with van der Waals surface area (Å²) in [7, 11) is 0. The lowest BCUT2D eigenvalue weighted by molar-refractivity contribution is -0.0327. The van der Waals surface area contributed by atoms with Crippen molar-refractivity contribution in [1.82, 2.24) is 9.59 Å². The van der Waals surface area contributed by atoms with Crippen LogP contribution < -0.4 is 5.32 Å². The van der Waals surface area contributed by atoms with Gasteiger partial charge >= 0.3 is 5.51 Å². The third-order valence-electron chi connectivity index (χ3n) is 1.98. The number of para-hydroxylation sites is 1. The molecule has 1 heterocycles. The molecule has 8 heteroatoms. The third kappa shape index (κ3) is 3.88. The summed E-state index contributed by atoms with van der Waals surface area (Å²) in [5.74, 6) is 0. The topological polar surface area (TPSA) is 37.8 Å². The molecule has 1 aromatic carbocycles. The van der Waals surface area contributed by atoms with Gasteiger partial charge in [0.2, 0.25) is 0 Å². The molecule has 18 heavy (non-hydrogen) atoms. The summed E-state index contributed by atoms with van der Waals surface area (Å²) in [6.07, 6.45) is 0. The summed E-state index contributed by atoms with van der Waals surface area (Å²) in [4.78, 5) is 0.146. The number of halogens is 3. The molecule has 0 saturated carbocycles. The van der Waals surface area contributed by atoms with Crippen LogP contribution in [0.15, 0.2) is 34.5 Å². The Kier molecular flexibility index (Phi) is 4.07. The van der Waals surface area contributed by atoms with Crippen LogP contribution in [0.2, 0.25) is 0 Å². The Balaban J connectivity index is 2.07. The van der Waals surface area contributed by atoms with Gasteiger partial charge in [0.15, 0.2) is 0 Å². The van der Waals surface area contributed by atoms with Crippen LogP contribution in [-0.4, -0.2) is 15.1 Å². The summed E-state index contributed by atoms with van der Waals surface area (Å²) in [5, 5.41) is 8.48. The highest BCUT2D eigenvalue weighted by Crippen LogP contribution is 2.40. The number of alkyl halides is 3. The van der Waals surface area contributed by atoms with Crippen LogP contribution in [0.25, 0.3) is 0 Å². The minimum atomic E-state index is -4.29. The van der Waals surface area contributed by atoms with E-state index in [9.17, 15) is 13.2 Å². The predicted molar refractivity (Wildman–Crippen MR) is 65.6 cm³/mol. The number of aromatic nitrogens is 2. The summed E-state index contributed by atoms with van der Waals surface area (Å²) >= 11 is 1.07. The van der Waals surface area contributed by atoms with Crippen molar-refractivity contribution >= 4 is 29.0 Å². The van der Waals surface area contributed by atoms with Crippen molar-refractivity contribution in [2.24, 2.45) is 0 Å². The molecule has 2 rings (SSSR count). The van der Waals surface area contributed by atoms with Crippen LogP contribution in [-0.2, 0) is 6.54 Å². The number of rotatable bonds is 4. The molecule has 0 atom stereocenters. The molecule has 2 aromatic rings. The van der Waals surface area contributed by atoms with Crippen LogP contribution in [0.5, 0.6) is 0 Å². The van der Waals surface area contributed by atoms with Gasteiger partial charge in [-0.2, -0.15) is 13.2 Å². The fourth-order valence-electron chi connectivity index (χ4n) is 1.27. The zero-order valence-corrected chi connectivity index (χ0v) is 10.6. The Labute approximate surface area is 110 Å². The SMILES string of the molecule is FC(F)(F)Sc1ccccc1NCc1csnn1. The number of hydrogen-bond donors (Lipinski definition) is 1. The fourth-order valence-corrected chi connectivity index (χ4v) is 2.37. The highest BCUT2D eigenvalue weighted by molar-refractivity contribution is 8.00. The van der Waals surface area contributed by atoms with Crippen molar-refractivity contribution in [2.45, 2.75) is 16.9 Å². The molecule has 1 N–H and O–H groups in total. The van der Waals surface area contributed by atoms with Gasteiger partial charge in [0, 0.05) is 16.0 Å². The molecule has 0 radical (unpaired) electrons. The first-order chi connectivity index (χ1) is 8.54. The molecule has 0 unspecified atom stereocenters. The van der Waals surface area contributed by atoms with Crippen molar-refractivity contribution in [3.8, 4) is 0 Å². The minimum Gasteiger partial charge on any atom is -0.378 e.